The topological polar surface area (TPSA) is 72.3 Å². The van der Waals surface area contributed by atoms with Crippen molar-refractivity contribution >= 4 is 17.4 Å². The molecule has 0 unspecified atom stereocenters. The van der Waals surface area contributed by atoms with Gasteiger partial charge in [0.2, 0.25) is 0 Å². The molecule has 2 aromatic carbocycles. The molecule has 1 saturated heterocycles. The molecule has 0 atom stereocenters. The highest BCUT2D eigenvalue weighted by Gasteiger charge is 2.23. The number of nitriles is 1. The van der Waals surface area contributed by atoms with E-state index in [1.807, 2.05) is 29.2 Å². The predicted molar refractivity (Wildman–Crippen MR) is 121 cm³/mol. The van der Waals surface area contributed by atoms with E-state index in [0.29, 0.717) is 30.0 Å². The number of hydrogen-bond acceptors (Lipinski definition) is 5. The Morgan fingerprint density at radius 1 is 1.03 bits per heavy atom. The van der Waals surface area contributed by atoms with Crippen LogP contribution in [-0.2, 0) is 6.54 Å². The number of rotatable bonds is 5. The molecule has 0 radical (unpaired) electrons. The molecule has 7 heteroatoms. The Morgan fingerprint density at radius 2 is 1.84 bits per heavy atom. The lowest BCUT2D eigenvalue weighted by Crippen LogP contribution is -2.35. The van der Waals surface area contributed by atoms with Crippen molar-refractivity contribution in [2.75, 3.05) is 31.5 Å². The van der Waals surface area contributed by atoms with Crippen LogP contribution in [0, 0.1) is 17.1 Å². The van der Waals surface area contributed by atoms with E-state index in [-0.39, 0.29) is 11.6 Å². The first-order valence-corrected chi connectivity index (χ1v) is 10.6. The first-order chi connectivity index (χ1) is 15.6. The fourth-order valence-electron chi connectivity index (χ4n) is 3.81. The van der Waals surface area contributed by atoms with Gasteiger partial charge in [0.25, 0.3) is 5.91 Å². The monoisotopic (exact) mass is 429 g/mol. The number of nitrogens with zero attached hydrogens (tertiary/aromatic N) is 4. The molecule has 1 N–H and O–H groups in total. The molecule has 6 nitrogen and oxygen atoms in total. The minimum atomic E-state index is -0.398. The third kappa shape index (κ3) is 5.10. The number of aromatic nitrogens is 1. The van der Waals surface area contributed by atoms with Gasteiger partial charge in [-0.25, -0.2) is 9.37 Å². The van der Waals surface area contributed by atoms with Crippen LogP contribution in [0.3, 0.4) is 0 Å². The summed E-state index contributed by atoms with van der Waals surface area (Å²) in [6, 6.07) is 19.5. The minimum Gasteiger partial charge on any atom is -0.337 e. The second-order valence-electron chi connectivity index (χ2n) is 7.74. The molecule has 2 heterocycles. The highest BCUT2D eigenvalue weighted by atomic mass is 19.1. The average Bonchev–Trinajstić information content (AvgIpc) is 3.06. The lowest BCUT2D eigenvalue weighted by atomic mass is 10.1. The summed E-state index contributed by atoms with van der Waals surface area (Å²) in [5, 5.41) is 11.9. The van der Waals surface area contributed by atoms with Crippen LogP contribution >= 0.6 is 0 Å². The van der Waals surface area contributed by atoms with E-state index >= 15 is 0 Å². The second-order valence-corrected chi connectivity index (χ2v) is 7.74. The number of anilines is 2. The van der Waals surface area contributed by atoms with Gasteiger partial charge >= 0.3 is 0 Å². The zero-order valence-electron chi connectivity index (χ0n) is 17.7. The molecule has 1 aromatic heterocycles. The smallest absolute Gasteiger partial charge is 0.257 e. The summed E-state index contributed by atoms with van der Waals surface area (Å²) >= 11 is 0. The summed E-state index contributed by atoms with van der Waals surface area (Å²) in [5.74, 6) is -0.164. The van der Waals surface area contributed by atoms with Crippen molar-refractivity contribution in [1.82, 2.24) is 14.8 Å². The number of pyridine rings is 1. The Labute approximate surface area is 186 Å². The summed E-state index contributed by atoms with van der Waals surface area (Å²) in [5.41, 5.74) is 2.51. The highest BCUT2D eigenvalue weighted by molar-refractivity contribution is 5.99. The van der Waals surface area contributed by atoms with Crippen molar-refractivity contribution in [3.8, 4) is 6.07 Å². The molecule has 1 amide bonds. The van der Waals surface area contributed by atoms with E-state index in [0.717, 1.165) is 31.6 Å². The third-order valence-corrected chi connectivity index (χ3v) is 5.53. The van der Waals surface area contributed by atoms with Gasteiger partial charge in [0, 0.05) is 38.9 Å². The first kappa shape index (κ1) is 21.5. The van der Waals surface area contributed by atoms with Gasteiger partial charge in [0.1, 0.15) is 11.6 Å². The summed E-state index contributed by atoms with van der Waals surface area (Å²) in [6.07, 6.45) is 2.44. The molecule has 1 fully saturated rings. The maximum atomic E-state index is 14.1. The largest absolute Gasteiger partial charge is 0.337 e. The standard InChI is InChI=1S/C25H24FN5O/c26-22-6-1-2-7-23(22)29-24-21(5-3-12-28-24)25(32)31-14-4-13-30(15-16-31)18-20-10-8-19(17-27)9-11-20/h1-3,5-12H,4,13-16,18H2,(H,28,29). The molecular formula is C25H24FN5O. The van der Waals surface area contributed by atoms with E-state index in [1.54, 1.807) is 36.5 Å². The third-order valence-electron chi connectivity index (χ3n) is 5.53. The Balaban J connectivity index is 1.43. The molecular weight excluding hydrogens is 405 g/mol. The second kappa shape index (κ2) is 10.0. The van der Waals surface area contributed by atoms with Crippen molar-refractivity contribution in [2.45, 2.75) is 13.0 Å². The maximum Gasteiger partial charge on any atom is 0.257 e. The van der Waals surface area contributed by atoms with Crippen molar-refractivity contribution in [1.29, 1.82) is 5.26 Å². The van der Waals surface area contributed by atoms with E-state index < -0.39 is 5.82 Å². The molecule has 0 saturated carbocycles. The molecule has 0 bridgehead atoms. The fraction of sp³-hybridized carbons (Fsp3) is 0.240. The zero-order valence-corrected chi connectivity index (χ0v) is 17.7. The maximum absolute atomic E-state index is 14.1. The Hall–Kier alpha value is -3.76. The molecule has 1 aliphatic rings. The van der Waals surface area contributed by atoms with Crippen LogP contribution in [0.2, 0.25) is 0 Å². The molecule has 0 aliphatic carbocycles. The number of para-hydroxylation sites is 1. The number of hydrogen-bond donors (Lipinski definition) is 1. The Bertz CT molecular complexity index is 1130. The van der Waals surface area contributed by atoms with Crippen LogP contribution in [0.5, 0.6) is 0 Å². The zero-order chi connectivity index (χ0) is 22.3. The number of nitrogens with one attached hydrogen (secondary N) is 1. The molecule has 32 heavy (non-hydrogen) atoms. The van der Waals surface area contributed by atoms with Crippen molar-refractivity contribution in [3.05, 3.63) is 89.4 Å². The Kier molecular flexibility index (Phi) is 6.73. The van der Waals surface area contributed by atoms with E-state index in [9.17, 15) is 9.18 Å². The number of halogens is 1. The summed E-state index contributed by atoms with van der Waals surface area (Å²) in [6.45, 7) is 3.67. The normalized spacial score (nSPS) is 14.4. The number of carbonyl (C=O) groups excluding carboxylic acids is 1. The van der Waals surface area contributed by atoms with Crippen LogP contribution in [0.15, 0.2) is 66.9 Å². The van der Waals surface area contributed by atoms with Gasteiger partial charge in [-0.2, -0.15) is 5.26 Å². The molecule has 4 rings (SSSR count). The molecule has 1 aliphatic heterocycles. The summed E-state index contributed by atoms with van der Waals surface area (Å²) in [7, 11) is 0. The van der Waals surface area contributed by atoms with Crippen molar-refractivity contribution < 1.29 is 9.18 Å². The lowest BCUT2D eigenvalue weighted by molar-refractivity contribution is 0.0762. The quantitative estimate of drug-likeness (QED) is 0.659. The average molecular weight is 429 g/mol. The predicted octanol–water partition coefficient (Wildman–Crippen LogP) is 4.18. The molecule has 3 aromatic rings. The molecule has 162 valence electrons. The minimum absolute atomic E-state index is 0.114. The Morgan fingerprint density at radius 3 is 2.62 bits per heavy atom. The van der Waals surface area contributed by atoms with Gasteiger partial charge in [0.05, 0.1) is 22.9 Å². The first-order valence-electron chi connectivity index (χ1n) is 10.6. The van der Waals surface area contributed by atoms with E-state index in [4.69, 9.17) is 5.26 Å². The van der Waals surface area contributed by atoms with Gasteiger partial charge in [-0.15, -0.1) is 0 Å². The van der Waals surface area contributed by atoms with Crippen LogP contribution in [-0.4, -0.2) is 46.9 Å². The van der Waals surface area contributed by atoms with Crippen LogP contribution in [0.4, 0.5) is 15.9 Å². The van der Waals surface area contributed by atoms with Gasteiger partial charge in [-0.05, 0) is 48.4 Å². The number of carbonyl (C=O) groups is 1. The SMILES string of the molecule is N#Cc1ccc(CN2CCCN(C(=O)c3cccnc3Nc3ccccc3F)CC2)cc1. The van der Waals surface area contributed by atoms with Crippen LogP contribution < -0.4 is 5.32 Å². The number of benzene rings is 2. The van der Waals surface area contributed by atoms with E-state index in [1.165, 1.54) is 6.07 Å². The number of amides is 1. The van der Waals surface area contributed by atoms with Gasteiger partial charge in [0.15, 0.2) is 0 Å². The van der Waals surface area contributed by atoms with Gasteiger partial charge in [-0.1, -0.05) is 24.3 Å². The molecule has 0 spiro atoms. The summed E-state index contributed by atoms with van der Waals surface area (Å²) < 4.78 is 14.1. The summed E-state index contributed by atoms with van der Waals surface area (Å²) in [4.78, 5) is 21.7. The van der Waals surface area contributed by atoms with Crippen molar-refractivity contribution in [2.24, 2.45) is 0 Å². The van der Waals surface area contributed by atoms with Gasteiger partial charge < -0.3 is 10.2 Å². The fourth-order valence-corrected chi connectivity index (χ4v) is 3.81. The highest BCUT2D eigenvalue weighted by Crippen LogP contribution is 2.22. The van der Waals surface area contributed by atoms with Crippen LogP contribution in [0.1, 0.15) is 27.9 Å². The van der Waals surface area contributed by atoms with E-state index in [2.05, 4.69) is 21.3 Å². The van der Waals surface area contributed by atoms with Gasteiger partial charge in [-0.3, -0.25) is 9.69 Å². The lowest BCUT2D eigenvalue weighted by Gasteiger charge is -2.23. The van der Waals surface area contributed by atoms with Crippen molar-refractivity contribution in [3.63, 3.8) is 0 Å². The van der Waals surface area contributed by atoms with Crippen LogP contribution in [0.25, 0.3) is 0 Å².